The van der Waals surface area contributed by atoms with E-state index in [-0.39, 0.29) is 35.6 Å². The van der Waals surface area contributed by atoms with Gasteiger partial charge in [0.1, 0.15) is 5.82 Å². The largest absolute Gasteiger partial charge is 0.356 e. The second-order valence-corrected chi connectivity index (χ2v) is 9.59. The van der Waals surface area contributed by atoms with Gasteiger partial charge in [0.2, 0.25) is 0 Å². The predicted molar refractivity (Wildman–Crippen MR) is 127 cm³/mol. The molecule has 1 aromatic heterocycles. The van der Waals surface area contributed by atoms with Crippen LogP contribution >= 0.6 is 24.8 Å². The minimum Gasteiger partial charge on any atom is -0.356 e. The molecule has 1 fully saturated rings. The molecule has 1 aliphatic carbocycles. The molecule has 0 radical (unpaired) electrons. The number of rotatable bonds is 2. The number of halogens is 2. The van der Waals surface area contributed by atoms with Gasteiger partial charge in [-0.05, 0) is 59.8 Å². The number of fused-ring (bicyclic) bond motifs is 1. The Bertz CT molecular complexity index is 843. The Morgan fingerprint density at radius 1 is 0.931 bits per heavy atom. The monoisotopic (exact) mass is 436 g/mol. The maximum Gasteiger partial charge on any atom is 0.161 e. The second kappa shape index (κ2) is 8.79. The number of anilines is 1. The number of nitrogens with zero attached hydrogens (tertiary/aromatic N) is 3. The number of hydrogen-bond donors (Lipinski definition) is 1. The number of nitrogens with two attached hydrogens (primary N) is 1. The first-order valence-corrected chi connectivity index (χ1v) is 10.3. The second-order valence-electron chi connectivity index (χ2n) is 9.59. The fourth-order valence-corrected chi connectivity index (χ4v) is 4.52. The maximum atomic E-state index is 6.05. The third-order valence-electron chi connectivity index (χ3n) is 6.62. The fraction of sp³-hybridized carbons (Fsp3) is 0.565. The number of benzene rings is 1. The zero-order valence-electron chi connectivity index (χ0n) is 17.9. The van der Waals surface area contributed by atoms with Gasteiger partial charge in [0, 0.05) is 30.9 Å². The topological polar surface area (TPSA) is 55.0 Å². The van der Waals surface area contributed by atoms with E-state index >= 15 is 0 Å². The van der Waals surface area contributed by atoms with Gasteiger partial charge in [0.15, 0.2) is 5.82 Å². The van der Waals surface area contributed by atoms with Crippen LogP contribution in [0.2, 0.25) is 0 Å². The Morgan fingerprint density at radius 3 is 2.21 bits per heavy atom. The average Bonchev–Trinajstić information content (AvgIpc) is 2.66. The highest BCUT2D eigenvalue weighted by molar-refractivity contribution is 5.85. The summed E-state index contributed by atoms with van der Waals surface area (Å²) in [6.45, 7) is 11.4. The van der Waals surface area contributed by atoms with E-state index in [9.17, 15) is 0 Å². The van der Waals surface area contributed by atoms with E-state index in [0.717, 1.165) is 43.1 Å². The van der Waals surface area contributed by atoms with Gasteiger partial charge in [-0.25, -0.2) is 9.97 Å². The number of hydrogen-bond acceptors (Lipinski definition) is 4. The summed E-state index contributed by atoms with van der Waals surface area (Å²) in [6, 6.07) is 9.19. The van der Waals surface area contributed by atoms with Gasteiger partial charge in [-0.2, -0.15) is 0 Å². The third kappa shape index (κ3) is 4.70. The molecule has 2 aromatic rings. The van der Waals surface area contributed by atoms with E-state index in [2.05, 4.69) is 55.8 Å². The van der Waals surface area contributed by atoms with Crippen LogP contribution in [0.4, 0.5) is 5.82 Å². The highest BCUT2D eigenvalue weighted by atomic mass is 35.5. The third-order valence-corrected chi connectivity index (χ3v) is 6.62. The van der Waals surface area contributed by atoms with E-state index in [4.69, 9.17) is 10.7 Å². The van der Waals surface area contributed by atoms with Gasteiger partial charge in [-0.1, -0.05) is 39.8 Å². The molecule has 0 spiro atoms. The van der Waals surface area contributed by atoms with Gasteiger partial charge >= 0.3 is 0 Å². The maximum absolute atomic E-state index is 6.05. The molecule has 1 aromatic carbocycles. The van der Waals surface area contributed by atoms with Gasteiger partial charge in [-0.3, -0.25) is 0 Å². The SMILES string of the molecule is CC1(C)CCC(C)(C)c2cc(-c3nccc(N4CCC(N)CC4)n3)ccc21.Cl.Cl. The van der Waals surface area contributed by atoms with Crippen molar-refractivity contribution in [3.63, 3.8) is 0 Å². The summed E-state index contributed by atoms with van der Waals surface area (Å²) in [5.41, 5.74) is 10.5. The van der Waals surface area contributed by atoms with Crippen molar-refractivity contribution >= 4 is 30.6 Å². The first-order chi connectivity index (χ1) is 12.8. The molecule has 0 amide bonds. The molecular weight excluding hydrogens is 403 g/mol. The van der Waals surface area contributed by atoms with E-state index in [1.165, 1.54) is 24.0 Å². The normalized spacial score (nSPS) is 20.2. The molecule has 2 heterocycles. The van der Waals surface area contributed by atoms with Crippen molar-refractivity contribution in [2.24, 2.45) is 5.73 Å². The van der Waals surface area contributed by atoms with Gasteiger partial charge < -0.3 is 10.6 Å². The lowest BCUT2D eigenvalue weighted by Gasteiger charge is -2.42. The minimum absolute atomic E-state index is 0. The zero-order chi connectivity index (χ0) is 19.2. The van der Waals surface area contributed by atoms with Crippen LogP contribution in [0.15, 0.2) is 30.5 Å². The number of aromatic nitrogens is 2. The smallest absolute Gasteiger partial charge is 0.161 e. The molecule has 0 bridgehead atoms. The summed E-state index contributed by atoms with van der Waals surface area (Å²) < 4.78 is 0. The zero-order valence-corrected chi connectivity index (χ0v) is 19.6. The summed E-state index contributed by atoms with van der Waals surface area (Å²) in [5, 5.41) is 0. The van der Waals surface area contributed by atoms with Crippen molar-refractivity contribution in [2.75, 3.05) is 18.0 Å². The molecule has 1 aliphatic heterocycles. The quantitative estimate of drug-likeness (QED) is 0.696. The standard InChI is InChI=1S/C23H32N4.2ClH/c1-22(2)10-11-23(3,4)19-15-16(5-6-18(19)22)21-25-12-7-20(26-21)27-13-8-17(24)9-14-27;;/h5-7,12,15,17H,8-11,13-14,24H2,1-4H3;2*1H. The lowest BCUT2D eigenvalue weighted by molar-refractivity contribution is 0.332. The first kappa shape index (κ1) is 23.9. The van der Waals surface area contributed by atoms with Crippen molar-refractivity contribution in [1.82, 2.24) is 9.97 Å². The molecule has 0 atom stereocenters. The molecule has 4 rings (SSSR count). The van der Waals surface area contributed by atoms with Crippen LogP contribution in [0.3, 0.4) is 0 Å². The fourth-order valence-electron chi connectivity index (χ4n) is 4.52. The van der Waals surface area contributed by atoms with E-state index in [1.807, 2.05) is 12.3 Å². The highest BCUT2D eigenvalue weighted by Crippen LogP contribution is 2.46. The summed E-state index contributed by atoms with van der Waals surface area (Å²) in [7, 11) is 0. The van der Waals surface area contributed by atoms with Crippen LogP contribution < -0.4 is 10.6 Å². The summed E-state index contributed by atoms with van der Waals surface area (Å²) in [6.07, 6.45) is 6.39. The average molecular weight is 437 g/mol. The molecule has 29 heavy (non-hydrogen) atoms. The summed E-state index contributed by atoms with van der Waals surface area (Å²) in [4.78, 5) is 11.8. The van der Waals surface area contributed by atoms with Crippen molar-refractivity contribution in [3.05, 3.63) is 41.6 Å². The molecule has 1 saturated heterocycles. The van der Waals surface area contributed by atoms with Gasteiger partial charge in [0.25, 0.3) is 0 Å². The van der Waals surface area contributed by atoms with Crippen LogP contribution in [0, 0.1) is 0 Å². The van der Waals surface area contributed by atoms with E-state index < -0.39 is 0 Å². The highest BCUT2D eigenvalue weighted by Gasteiger charge is 2.37. The van der Waals surface area contributed by atoms with Crippen LogP contribution in [-0.2, 0) is 10.8 Å². The lowest BCUT2D eigenvalue weighted by atomic mass is 9.63. The molecule has 2 N–H and O–H groups in total. The molecule has 2 aliphatic rings. The van der Waals surface area contributed by atoms with Gasteiger partial charge in [-0.15, -0.1) is 24.8 Å². The number of piperidine rings is 1. The Kier molecular flexibility index (Phi) is 7.25. The van der Waals surface area contributed by atoms with Crippen LogP contribution in [0.25, 0.3) is 11.4 Å². The van der Waals surface area contributed by atoms with Crippen LogP contribution in [0.5, 0.6) is 0 Å². The molecule has 6 heteroatoms. The molecule has 0 unspecified atom stereocenters. The predicted octanol–water partition coefficient (Wildman–Crippen LogP) is 5.26. The summed E-state index contributed by atoms with van der Waals surface area (Å²) in [5.74, 6) is 1.84. The molecule has 0 saturated carbocycles. The Labute approximate surface area is 187 Å². The Balaban J connectivity index is 0.00000150. The first-order valence-electron chi connectivity index (χ1n) is 10.3. The van der Waals surface area contributed by atoms with Crippen molar-refractivity contribution in [2.45, 2.75) is 70.3 Å². The van der Waals surface area contributed by atoms with E-state index in [1.54, 1.807) is 0 Å². The van der Waals surface area contributed by atoms with Gasteiger partial charge in [0.05, 0.1) is 0 Å². The Hall–Kier alpha value is -1.36. The van der Waals surface area contributed by atoms with Crippen molar-refractivity contribution in [3.8, 4) is 11.4 Å². The van der Waals surface area contributed by atoms with E-state index in [0.29, 0.717) is 6.04 Å². The van der Waals surface area contributed by atoms with Crippen molar-refractivity contribution < 1.29 is 0 Å². The lowest BCUT2D eigenvalue weighted by Crippen LogP contribution is -2.40. The summed E-state index contributed by atoms with van der Waals surface area (Å²) >= 11 is 0. The molecule has 4 nitrogen and oxygen atoms in total. The van der Waals surface area contributed by atoms with Crippen molar-refractivity contribution in [1.29, 1.82) is 0 Å². The molecule has 160 valence electrons. The Morgan fingerprint density at radius 2 is 1.55 bits per heavy atom. The molecular formula is C23H34Cl2N4. The van der Waals surface area contributed by atoms with Crippen LogP contribution in [-0.4, -0.2) is 29.1 Å². The van der Waals surface area contributed by atoms with Crippen LogP contribution in [0.1, 0.15) is 64.5 Å². The minimum atomic E-state index is 0.